The van der Waals surface area contributed by atoms with E-state index >= 15 is 0 Å². The topological polar surface area (TPSA) is 28.6 Å². The zero-order valence-corrected chi connectivity index (χ0v) is 13.6. The normalized spacial score (nSPS) is 15.1. The lowest BCUT2D eigenvalue weighted by atomic mass is 10.2. The van der Waals surface area contributed by atoms with Crippen molar-refractivity contribution >= 4 is 27.4 Å². The van der Waals surface area contributed by atoms with Gasteiger partial charge in [0.25, 0.3) is 0 Å². The number of nitrogens with zero attached hydrogens (tertiary/aromatic N) is 3. The molecule has 0 amide bonds. The van der Waals surface area contributed by atoms with Gasteiger partial charge in [0.05, 0.1) is 7.11 Å². The van der Waals surface area contributed by atoms with Crippen LogP contribution in [0.1, 0.15) is 0 Å². The molecule has 1 fully saturated rings. The van der Waals surface area contributed by atoms with Gasteiger partial charge in [-0.25, -0.2) is 4.98 Å². The Morgan fingerprint density at radius 2 is 1.81 bits per heavy atom. The third-order valence-corrected chi connectivity index (χ3v) is 4.20. The molecule has 0 aliphatic carbocycles. The summed E-state index contributed by atoms with van der Waals surface area (Å²) in [7, 11) is 1.70. The molecule has 1 aliphatic heterocycles. The average Bonchev–Trinajstić information content (AvgIpc) is 2.56. The average molecular weight is 348 g/mol. The highest BCUT2D eigenvalue weighted by molar-refractivity contribution is 9.10. The van der Waals surface area contributed by atoms with Crippen molar-refractivity contribution in [1.29, 1.82) is 0 Å². The molecule has 1 aliphatic rings. The summed E-state index contributed by atoms with van der Waals surface area (Å²) in [4.78, 5) is 9.18. The third-order valence-electron chi connectivity index (χ3n) is 3.73. The van der Waals surface area contributed by atoms with E-state index < -0.39 is 0 Å². The molecule has 0 atom stereocenters. The first-order valence-corrected chi connectivity index (χ1v) is 7.81. The van der Waals surface area contributed by atoms with Gasteiger partial charge in [-0.15, -0.1) is 0 Å². The van der Waals surface area contributed by atoms with Crippen molar-refractivity contribution in [2.24, 2.45) is 0 Å². The lowest BCUT2D eigenvalue weighted by molar-refractivity contribution is 0.414. The van der Waals surface area contributed by atoms with E-state index in [1.807, 2.05) is 24.4 Å². The lowest BCUT2D eigenvalue weighted by Crippen LogP contribution is -2.46. The van der Waals surface area contributed by atoms with Gasteiger partial charge in [0, 0.05) is 48.6 Å². The van der Waals surface area contributed by atoms with E-state index in [0.29, 0.717) is 0 Å². The van der Waals surface area contributed by atoms with Gasteiger partial charge in [0.1, 0.15) is 11.6 Å². The van der Waals surface area contributed by atoms with Crippen molar-refractivity contribution in [3.63, 3.8) is 0 Å². The minimum Gasteiger partial charge on any atom is -0.497 e. The molecule has 3 rings (SSSR count). The van der Waals surface area contributed by atoms with Crippen LogP contribution in [0.25, 0.3) is 0 Å². The highest BCUT2D eigenvalue weighted by Gasteiger charge is 2.18. The molecule has 4 nitrogen and oxygen atoms in total. The molecule has 0 unspecified atom stereocenters. The van der Waals surface area contributed by atoms with E-state index in [1.165, 1.54) is 5.69 Å². The van der Waals surface area contributed by atoms with Crippen molar-refractivity contribution in [3.8, 4) is 5.75 Å². The summed E-state index contributed by atoms with van der Waals surface area (Å²) in [6, 6.07) is 12.3. The zero-order valence-electron chi connectivity index (χ0n) is 12.0. The predicted molar refractivity (Wildman–Crippen MR) is 89.4 cm³/mol. The van der Waals surface area contributed by atoms with Crippen LogP contribution in [-0.2, 0) is 0 Å². The second kappa shape index (κ2) is 6.35. The van der Waals surface area contributed by atoms with Crippen LogP contribution < -0.4 is 14.5 Å². The minimum absolute atomic E-state index is 0.907. The molecule has 2 aromatic rings. The highest BCUT2D eigenvalue weighted by atomic mass is 79.9. The van der Waals surface area contributed by atoms with Crippen LogP contribution >= 0.6 is 15.9 Å². The van der Waals surface area contributed by atoms with Crippen LogP contribution in [0.3, 0.4) is 0 Å². The fourth-order valence-corrected chi connectivity index (χ4v) is 2.79. The summed E-state index contributed by atoms with van der Waals surface area (Å²) in [6.45, 7) is 3.94. The first-order valence-electron chi connectivity index (χ1n) is 7.02. The number of halogens is 1. The lowest BCUT2D eigenvalue weighted by Gasteiger charge is -2.36. The summed E-state index contributed by atoms with van der Waals surface area (Å²) in [5, 5.41) is 0. The molecule has 5 heteroatoms. The quantitative estimate of drug-likeness (QED) is 0.852. The smallest absolute Gasteiger partial charge is 0.128 e. The van der Waals surface area contributed by atoms with Crippen LogP contribution in [0.2, 0.25) is 0 Å². The van der Waals surface area contributed by atoms with Gasteiger partial charge in [-0.05, 0) is 40.2 Å². The number of aromatic nitrogens is 1. The van der Waals surface area contributed by atoms with Crippen molar-refractivity contribution in [2.45, 2.75) is 0 Å². The van der Waals surface area contributed by atoms with E-state index in [4.69, 9.17) is 4.74 Å². The fourth-order valence-electron chi connectivity index (χ4n) is 2.56. The Morgan fingerprint density at radius 3 is 2.48 bits per heavy atom. The maximum absolute atomic E-state index is 5.30. The van der Waals surface area contributed by atoms with Crippen LogP contribution in [0.5, 0.6) is 5.75 Å². The number of benzene rings is 1. The number of hydrogen-bond acceptors (Lipinski definition) is 4. The Labute approximate surface area is 133 Å². The number of ether oxygens (including phenoxy) is 1. The van der Waals surface area contributed by atoms with Crippen molar-refractivity contribution < 1.29 is 4.74 Å². The molecule has 1 saturated heterocycles. The zero-order chi connectivity index (χ0) is 14.7. The number of piperazine rings is 1. The number of rotatable bonds is 3. The largest absolute Gasteiger partial charge is 0.497 e. The molecule has 2 heterocycles. The van der Waals surface area contributed by atoms with Crippen LogP contribution in [0.4, 0.5) is 11.5 Å². The van der Waals surface area contributed by atoms with Gasteiger partial charge in [-0.3, -0.25) is 0 Å². The van der Waals surface area contributed by atoms with Gasteiger partial charge in [0.15, 0.2) is 0 Å². The summed E-state index contributed by atoms with van der Waals surface area (Å²) in [5.74, 6) is 1.95. The minimum atomic E-state index is 0.907. The molecule has 0 saturated carbocycles. The summed E-state index contributed by atoms with van der Waals surface area (Å²) in [6.07, 6.45) is 1.85. The number of pyridine rings is 1. The van der Waals surface area contributed by atoms with Crippen molar-refractivity contribution in [1.82, 2.24) is 4.98 Å². The molecule has 0 radical (unpaired) electrons. The molecule has 0 N–H and O–H groups in total. The van der Waals surface area contributed by atoms with Gasteiger partial charge < -0.3 is 14.5 Å². The SMILES string of the molecule is COc1cccc(N2CCN(c3ccc(Br)cn3)CC2)c1. The molecule has 1 aromatic heterocycles. The van der Waals surface area contributed by atoms with E-state index in [9.17, 15) is 0 Å². The summed E-state index contributed by atoms with van der Waals surface area (Å²) >= 11 is 3.42. The Morgan fingerprint density at radius 1 is 1.05 bits per heavy atom. The van der Waals surface area contributed by atoms with E-state index in [-0.39, 0.29) is 0 Å². The maximum Gasteiger partial charge on any atom is 0.128 e. The molecular formula is C16H18BrN3O. The summed E-state index contributed by atoms with van der Waals surface area (Å²) in [5.41, 5.74) is 1.22. The molecule has 110 valence electrons. The van der Waals surface area contributed by atoms with Gasteiger partial charge in [-0.1, -0.05) is 6.07 Å². The number of anilines is 2. The first-order chi connectivity index (χ1) is 10.3. The van der Waals surface area contributed by atoms with Gasteiger partial charge in [-0.2, -0.15) is 0 Å². The second-order valence-electron chi connectivity index (χ2n) is 5.01. The van der Waals surface area contributed by atoms with Crippen LogP contribution in [0, 0.1) is 0 Å². The van der Waals surface area contributed by atoms with E-state index in [2.05, 4.69) is 48.9 Å². The Kier molecular flexibility index (Phi) is 4.29. The highest BCUT2D eigenvalue weighted by Crippen LogP contribution is 2.23. The van der Waals surface area contributed by atoms with Crippen LogP contribution in [0.15, 0.2) is 47.1 Å². The Bertz CT molecular complexity index is 595. The first kappa shape index (κ1) is 14.2. The van der Waals surface area contributed by atoms with E-state index in [0.717, 1.165) is 42.2 Å². The predicted octanol–water partition coefficient (Wildman–Crippen LogP) is 3.18. The van der Waals surface area contributed by atoms with Crippen molar-refractivity contribution in [2.75, 3.05) is 43.1 Å². The molecule has 21 heavy (non-hydrogen) atoms. The molecule has 1 aromatic carbocycles. The summed E-state index contributed by atoms with van der Waals surface area (Å²) < 4.78 is 6.31. The Balaban J connectivity index is 1.65. The van der Waals surface area contributed by atoms with Crippen molar-refractivity contribution in [3.05, 3.63) is 47.1 Å². The molecule has 0 bridgehead atoms. The second-order valence-corrected chi connectivity index (χ2v) is 5.93. The monoisotopic (exact) mass is 347 g/mol. The van der Waals surface area contributed by atoms with Gasteiger partial charge >= 0.3 is 0 Å². The fraction of sp³-hybridized carbons (Fsp3) is 0.312. The number of methoxy groups -OCH3 is 1. The third kappa shape index (κ3) is 3.29. The van der Waals surface area contributed by atoms with Gasteiger partial charge in [0.2, 0.25) is 0 Å². The molecule has 0 spiro atoms. The number of hydrogen-bond donors (Lipinski definition) is 0. The van der Waals surface area contributed by atoms with Crippen LogP contribution in [-0.4, -0.2) is 38.3 Å². The standard InChI is InChI=1S/C16H18BrN3O/c1-21-15-4-2-3-14(11-15)19-7-9-20(10-8-19)16-6-5-13(17)12-18-16/h2-6,11-12H,7-10H2,1H3. The Hall–Kier alpha value is -1.75. The maximum atomic E-state index is 5.30. The van der Waals surface area contributed by atoms with E-state index in [1.54, 1.807) is 7.11 Å². The molecular weight excluding hydrogens is 330 g/mol.